The molecule has 8 heteroatoms. The number of hydrogen-bond acceptors (Lipinski definition) is 4. The van der Waals surface area contributed by atoms with Crippen molar-refractivity contribution < 1.29 is 4.79 Å². The molecule has 122 valence electrons. The third kappa shape index (κ3) is 3.55. The Kier molecular flexibility index (Phi) is 4.78. The van der Waals surface area contributed by atoms with Crippen molar-refractivity contribution >= 4 is 45.9 Å². The second kappa shape index (κ2) is 6.98. The molecule has 0 radical (unpaired) electrons. The van der Waals surface area contributed by atoms with Gasteiger partial charge in [-0.3, -0.25) is 4.79 Å². The minimum Gasteiger partial charge on any atom is -0.271 e. The van der Waals surface area contributed by atoms with E-state index >= 15 is 0 Å². The molecular formula is C16H13Cl2N5O. The molecule has 0 unspecified atom stereocenters. The molecule has 0 fully saturated rings. The van der Waals surface area contributed by atoms with Gasteiger partial charge in [0.05, 0.1) is 16.3 Å². The van der Waals surface area contributed by atoms with Gasteiger partial charge in [0, 0.05) is 10.6 Å². The summed E-state index contributed by atoms with van der Waals surface area (Å²) < 4.78 is 1.52. The lowest BCUT2D eigenvalue weighted by Gasteiger charge is -2.05. The smallest absolute Gasteiger partial charge is 0.261 e. The average Bonchev–Trinajstić information content (AvgIpc) is 2.96. The van der Waals surface area contributed by atoms with E-state index in [9.17, 15) is 4.79 Å². The van der Waals surface area contributed by atoms with Crippen LogP contribution in [-0.4, -0.2) is 26.6 Å². The highest BCUT2D eigenvalue weighted by molar-refractivity contribution is 6.37. The van der Waals surface area contributed by atoms with E-state index in [0.717, 1.165) is 11.0 Å². The molecule has 0 aliphatic heterocycles. The average molecular weight is 362 g/mol. The number of rotatable bonds is 4. The number of aromatic nitrogens is 3. The molecule has 3 rings (SSSR count). The lowest BCUT2D eigenvalue weighted by atomic mass is 10.1. The Morgan fingerprint density at radius 1 is 1.25 bits per heavy atom. The predicted octanol–water partition coefficient (Wildman–Crippen LogP) is 3.28. The molecular weight excluding hydrogens is 349 g/mol. The number of hydrogen-bond donors (Lipinski definition) is 1. The van der Waals surface area contributed by atoms with Crippen LogP contribution in [0.3, 0.4) is 0 Å². The molecule has 0 saturated carbocycles. The largest absolute Gasteiger partial charge is 0.271 e. The number of carbonyl (C=O) groups excluding carboxylic acids is 1. The zero-order valence-corrected chi connectivity index (χ0v) is 14.2. The third-order valence-corrected chi connectivity index (χ3v) is 3.93. The van der Waals surface area contributed by atoms with Gasteiger partial charge >= 0.3 is 0 Å². The van der Waals surface area contributed by atoms with E-state index in [4.69, 9.17) is 23.2 Å². The first-order valence-electron chi connectivity index (χ1n) is 7.11. The number of fused-ring (bicyclic) bond motifs is 1. The third-order valence-electron chi connectivity index (χ3n) is 3.38. The van der Waals surface area contributed by atoms with Gasteiger partial charge in [0.1, 0.15) is 12.1 Å². The Labute approximate surface area is 148 Å². The normalized spacial score (nSPS) is 11.7. The fraction of sp³-hybridized carbons (Fsp3) is 0.125. The molecule has 2 aromatic carbocycles. The Morgan fingerprint density at radius 2 is 2.04 bits per heavy atom. The molecule has 1 amide bonds. The number of halogens is 2. The van der Waals surface area contributed by atoms with Crippen LogP contribution in [0.4, 0.5) is 0 Å². The van der Waals surface area contributed by atoms with Crippen LogP contribution in [0.15, 0.2) is 47.6 Å². The van der Waals surface area contributed by atoms with Gasteiger partial charge in [-0.05, 0) is 31.2 Å². The van der Waals surface area contributed by atoms with Crippen LogP contribution in [0.2, 0.25) is 10.0 Å². The summed E-state index contributed by atoms with van der Waals surface area (Å²) in [5.41, 5.74) is 5.29. The Morgan fingerprint density at radius 3 is 2.83 bits per heavy atom. The van der Waals surface area contributed by atoms with Crippen molar-refractivity contribution in [1.82, 2.24) is 20.4 Å². The molecule has 1 heterocycles. The maximum atomic E-state index is 12.1. The topological polar surface area (TPSA) is 72.2 Å². The first kappa shape index (κ1) is 16.4. The summed E-state index contributed by atoms with van der Waals surface area (Å²) in [5.74, 6) is -0.310. The summed E-state index contributed by atoms with van der Waals surface area (Å²) in [7, 11) is 0. The van der Waals surface area contributed by atoms with Gasteiger partial charge < -0.3 is 0 Å². The van der Waals surface area contributed by atoms with Crippen LogP contribution in [-0.2, 0) is 11.3 Å². The Bertz CT molecular complexity index is 935. The fourth-order valence-electron chi connectivity index (χ4n) is 2.19. The van der Waals surface area contributed by atoms with Gasteiger partial charge in [-0.1, -0.05) is 46.6 Å². The summed E-state index contributed by atoms with van der Waals surface area (Å²) in [6.07, 6.45) is 0. The summed E-state index contributed by atoms with van der Waals surface area (Å²) in [6, 6.07) is 12.5. The first-order chi connectivity index (χ1) is 11.5. The van der Waals surface area contributed by atoms with Crippen molar-refractivity contribution in [3.63, 3.8) is 0 Å². The van der Waals surface area contributed by atoms with Gasteiger partial charge in [-0.15, -0.1) is 5.10 Å². The lowest BCUT2D eigenvalue weighted by Crippen LogP contribution is -2.24. The number of hydrazone groups is 1. The molecule has 24 heavy (non-hydrogen) atoms. The standard InChI is InChI=1S/C16H13Cl2N5O/c1-10(12-7-6-11(17)8-13(12)18)19-21-16(24)9-23-15-5-3-2-4-14(15)20-22-23/h2-8H,9H2,1H3,(H,21,24). The molecule has 1 aromatic heterocycles. The lowest BCUT2D eigenvalue weighted by molar-refractivity contribution is -0.121. The van der Waals surface area contributed by atoms with Gasteiger partial charge in [0.25, 0.3) is 5.91 Å². The summed E-state index contributed by atoms with van der Waals surface area (Å²) in [5, 5.41) is 13.1. The molecule has 3 aromatic rings. The molecule has 0 saturated heterocycles. The highest BCUT2D eigenvalue weighted by atomic mass is 35.5. The van der Waals surface area contributed by atoms with E-state index in [-0.39, 0.29) is 12.5 Å². The zero-order chi connectivity index (χ0) is 17.1. The van der Waals surface area contributed by atoms with Gasteiger partial charge in [0.15, 0.2) is 0 Å². The van der Waals surface area contributed by atoms with Crippen molar-refractivity contribution in [3.8, 4) is 0 Å². The van der Waals surface area contributed by atoms with E-state index in [2.05, 4.69) is 20.8 Å². The SMILES string of the molecule is CC(=NNC(=O)Cn1nnc2ccccc21)c1ccc(Cl)cc1Cl. The van der Waals surface area contributed by atoms with Crippen molar-refractivity contribution in [2.45, 2.75) is 13.5 Å². The first-order valence-corrected chi connectivity index (χ1v) is 7.87. The molecule has 0 aliphatic carbocycles. The highest BCUT2D eigenvalue weighted by Crippen LogP contribution is 2.21. The number of carbonyl (C=O) groups is 1. The Balaban J connectivity index is 1.70. The molecule has 0 bridgehead atoms. The summed E-state index contributed by atoms with van der Waals surface area (Å²) in [4.78, 5) is 12.1. The van der Waals surface area contributed by atoms with Crippen LogP contribution in [0.25, 0.3) is 11.0 Å². The summed E-state index contributed by atoms with van der Waals surface area (Å²) >= 11 is 12.0. The maximum Gasteiger partial charge on any atom is 0.261 e. The molecule has 0 atom stereocenters. The molecule has 0 aliphatic rings. The van der Waals surface area contributed by atoms with Gasteiger partial charge in [-0.25, -0.2) is 10.1 Å². The van der Waals surface area contributed by atoms with Crippen LogP contribution < -0.4 is 5.43 Å². The quantitative estimate of drug-likeness (QED) is 0.572. The minimum atomic E-state index is -0.310. The minimum absolute atomic E-state index is 0.0195. The van der Waals surface area contributed by atoms with Crippen LogP contribution in [0, 0.1) is 0 Å². The van der Waals surface area contributed by atoms with Crippen LogP contribution in [0.5, 0.6) is 0 Å². The van der Waals surface area contributed by atoms with Gasteiger partial charge in [-0.2, -0.15) is 5.10 Å². The fourth-order valence-corrected chi connectivity index (χ4v) is 2.74. The number of para-hydroxylation sites is 1. The van der Waals surface area contributed by atoms with Crippen molar-refractivity contribution in [3.05, 3.63) is 58.1 Å². The number of nitrogens with zero attached hydrogens (tertiary/aromatic N) is 4. The van der Waals surface area contributed by atoms with Crippen molar-refractivity contribution in [1.29, 1.82) is 0 Å². The second-order valence-electron chi connectivity index (χ2n) is 5.09. The van der Waals surface area contributed by atoms with E-state index in [0.29, 0.717) is 21.3 Å². The maximum absolute atomic E-state index is 12.1. The van der Waals surface area contributed by atoms with E-state index < -0.39 is 0 Å². The summed E-state index contributed by atoms with van der Waals surface area (Å²) in [6.45, 7) is 1.77. The van der Waals surface area contributed by atoms with E-state index in [1.165, 1.54) is 4.68 Å². The monoisotopic (exact) mass is 361 g/mol. The van der Waals surface area contributed by atoms with Crippen molar-refractivity contribution in [2.75, 3.05) is 0 Å². The highest BCUT2D eigenvalue weighted by Gasteiger charge is 2.09. The molecule has 1 N–H and O–H groups in total. The molecule has 0 spiro atoms. The van der Waals surface area contributed by atoms with Gasteiger partial charge in [0.2, 0.25) is 0 Å². The number of benzene rings is 2. The van der Waals surface area contributed by atoms with Crippen LogP contribution in [0.1, 0.15) is 12.5 Å². The predicted molar refractivity (Wildman–Crippen MR) is 94.3 cm³/mol. The number of nitrogens with one attached hydrogen (secondary N) is 1. The van der Waals surface area contributed by atoms with E-state index in [1.807, 2.05) is 24.3 Å². The van der Waals surface area contributed by atoms with Crippen molar-refractivity contribution in [2.24, 2.45) is 5.10 Å². The zero-order valence-electron chi connectivity index (χ0n) is 12.7. The molecule has 6 nitrogen and oxygen atoms in total. The van der Waals surface area contributed by atoms with Crippen LogP contribution >= 0.6 is 23.2 Å². The van der Waals surface area contributed by atoms with E-state index in [1.54, 1.807) is 25.1 Å². The Hall–Kier alpha value is -2.44. The second-order valence-corrected chi connectivity index (χ2v) is 5.94. The number of amides is 1.